The maximum absolute atomic E-state index is 11.2. The quantitative estimate of drug-likeness (QED) is 0.275. The van der Waals surface area contributed by atoms with Crippen LogP contribution in [0.2, 0.25) is 0 Å². The Hall–Kier alpha value is -1.96. The SMILES string of the molecule is O=C(C=NO)Nc1ccccc1C(O)C(O)CO. The zero-order chi connectivity index (χ0) is 13.5. The molecule has 7 nitrogen and oxygen atoms in total. The number of para-hydroxylation sites is 1. The first-order valence-corrected chi connectivity index (χ1v) is 5.14. The minimum atomic E-state index is -1.35. The van der Waals surface area contributed by atoms with Gasteiger partial charge in [-0.3, -0.25) is 4.79 Å². The first-order chi connectivity index (χ1) is 8.60. The van der Waals surface area contributed by atoms with Gasteiger partial charge in [0.25, 0.3) is 5.91 Å². The van der Waals surface area contributed by atoms with Crippen LogP contribution < -0.4 is 5.32 Å². The summed E-state index contributed by atoms with van der Waals surface area (Å²) in [5, 5.41) is 41.0. The fourth-order valence-corrected chi connectivity index (χ4v) is 1.39. The van der Waals surface area contributed by atoms with E-state index in [0.29, 0.717) is 6.21 Å². The monoisotopic (exact) mass is 254 g/mol. The maximum atomic E-state index is 11.2. The van der Waals surface area contributed by atoms with Gasteiger partial charge in [-0.05, 0) is 6.07 Å². The fraction of sp³-hybridized carbons (Fsp3) is 0.273. The molecule has 0 saturated heterocycles. The van der Waals surface area contributed by atoms with Gasteiger partial charge in [0.15, 0.2) is 0 Å². The van der Waals surface area contributed by atoms with Gasteiger partial charge in [-0.25, -0.2) is 0 Å². The van der Waals surface area contributed by atoms with Crippen molar-refractivity contribution in [1.29, 1.82) is 0 Å². The second-order valence-corrected chi connectivity index (χ2v) is 3.52. The number of carbonyl (C=O) groups is 1. The Labute approximate surface area is 103 Å². The third kappa shape index (κ3) is 3.52. The largest absolute Gasteiger partial charge is 0.411 e. The van der Waals surface area contributed by atoms with Crippen LogP contribution in [0.4, 0.5) is 5.69 Å². The predicted molar refractivity (Wildman–Crippen MR) is 63.4 cm³/mol. The molecule has 2 unspecified atom stereocenters. The summed E-state index contributed by atoms with van der Waals surface area (Å²) in [5.41, 5.74) is 0.501. The van der Waals surface area contributed by atoms with Crippen molar-refractivity contribution in [1.82, 2.24) is 0 Å². The molecule has 0 spiro atoms. The molecule has 1 aromatic carbocycles. The summed E-state index contributed by atoms with van der Waals surface area (Å²) in [6, 6.07) is 6.23. The maximum Gasteiger partial charge on any atom is 0.270 e. The van der Waals surface area contributed by atoms with Gasteiger partial charge in [-0.2, -0.15) is 0 Å². The van der Waals surface area contributed by atoms with Crippen molar-refractivity contribution in [2.24, 2.45) is 5.16 Å². The van der Waals surface area contributed by atoms with Crippen LogP contribution in [-0.4, -0.2) is 45.4 Å². The van der Waals surface area contributed by atoms with E-state index in [1.807, 2.05) is 0 Å². The number of amides is 1. The van der Waals surface area contributed by atoms with Gasteiger partial charge in [0.05, 0.1) is 6.61 Å². The summed E-state index contributed by atoms with van der Waals surface area (Å²) in [4.78, 5) is 11.2. The molecule has 0 radical (unpaired) electrons. The average molecular weight is 254 g/mol. The first-order valence-electron chi connectivity index (χ1n) is 5.14. The predicted octanol–water partition coefficient (Wildman–Crippen LogP) is -0.528. The fourth-order valence-electron chi connectivity index (χ4n) is 1.39. The highest BCUT2D eigenvalue weighted by atomic mass is 16.4. The third-order valence-electron chi connectivity index (χ3n) is 2.26. The smallest absolute Gasteiger partial charge is 0.270 e. The van der Waals surface area contributed by atoms with Gasteiger partial charge in [0.2, 0.25) is 0 Å². The lowest BCUT2D eigenvalue weighted by atomic mass is 10.0. The lowest BCUT2D eigenvalue weighted by molar-refractivity contribution is -0.110. The van der Waals surface area contributed by atoms with E-state index in [0.717, 1.165) is 0 Å². The van der Waals surface area contributed by atoms with Crippen LogP contribution in [0.15, 0.2) is 29.4 Å². The molecule has 0 aliphatic heterocycles. The number of hydrogen-bond acceptors (Lipinski definition) is 6. The minimum absolute atomic E-state index is 0.249. The topological polar surface area (TPSA) is 122 Å². The van der Waals surface area contributed by atoms with Gasteiger partial charge in [-0.15, -0.1) is 0 Å². The van der Waals surface area contributed by atoms with Crippen LogP contribution in [0, 0.1) is 0 Å². The molecule has 7 heteroatoms. The molecule has 98 valence electrons. The number of oxime groups is 1. The number of benzene rings is 1. The molecule has 0 aromatic heterocycles. The normalized spacial score (nSPS) is 14.4. The molecule has 0 aliphatic carbocycles. The number of rotatable bonds is 5. The van der Waals surface area contributed by atoms with E-state index >= 15 is 0 Å². The number of aliphatic hydroxyl groups excluding tert-OH is 3. The summed E-state index contributed by atoms with van der Waals surface area (Å²) >= 11 is 0. The molecule has 1 amide bonds. The standard InChI is InChI=1S/C11H14N2O5/c14-6-9(15)11(17)7-3-1-2-4-8(7)13-10(16)5-12-18/h1-5,9,11,14-15,17-18H,6H2,(H,13,16). The van der Waals surface area contributed by atoms with E-state index in [2.05, 4.69) is 10.5 Å². The Morgan fingerprint density at radius 2 is 2.06 bits per heavy atom. The Morgan fingerprint density at radius 1 is 1.39 bits per heavy atom. The lowest BCUT2D eigenvalue weighted by Crippen LogP contribution is -2.24. The average Bonchev–Trinajstić information content (AvgIpc) is 2.38. The van der Waals surface area contributed by atoms with Crippen molar-refractivity contribution in [3.05, 3.63) is 29.8 Å². The molecule has 1 rings (SSSR count). The molecular weight excluding hydrogens is 240 g/mol. The zero-order valence-corrected chi connectivity index (χ0v) is 9.39. The summed E-state index contributed by atoms with van der Waals surface area (Å²) < 4.78 is 0. The Balaban J connectivity index is 2.95. The van der Waals surface area contributed by atoms with Gasteiger partial charge < -0.3 is 25.8 Å². The van der Waals surface area contributed by atoms with Gasteiger partial charge in [0.1, 0.15) is 18.4 Å². The summed E-state index contributed by atoms with van der Waals surface area (Å²) in [6.45, 7) is -0.610. The molecule has 18 heavy (non-hydrogen) atoms. The van der Waals surface area contributed by atoms with Crippen molar-refractivity contribution < 1.29 is 25.3 Å². The van der Waals surface area contributed by atoms with E-state index < -0.39 is 24.7 Å². The highest BCUT2D eigenvalue weighted by Gasteiger charge is 2.20. The molecule has 0 saturated carbocycles. The molecule has 2 atom stereocenters. The Bertz CT molecular complexity index is 435. The number of hydrogen-bond donors (Lipinski definition) is 5. The number of nitrogens with zero attached hydrogens (tertiary/aromatic N) is 1. The molecule has 0 aliphatic rings. The van der Waals surface area contributed by atoms with Crippen LogP contribution in [0.5, 0.6) is 0 Å². The Kier molecular flexibility index (Phi) is 5.25. The number of carbonyl (C=O) groups excluding carboxylic acids is 1. The molecule has 0 bridgehead atoms. The van der Waals surface area contributed by atoms with Crippen molar-refractivity contribution in [3.63, 3.8) is 0 Å². The van der Waals surface area contributed by atoms with E-state index in [1.165, 1.54) is 12.1 Å². The molecular formula is C11H14N2O5. The van der Waals surface area contributed by atoms with Crippen molar-refractivity contribution in [2.45, 2.75) is 12.2 Å². The molecule has 1 aromatic rings. The lowest BCUT2D eigenvalue weighted by Gasteiger charge is -2.19. The third-order valence-corrected chi connectivity index (χ3v) is 2.26. The van der Waals surface area contributed by atoms with Crippen LogP contribution >= 0.6 is 0 Å². The van der Waals surface area contributed by atoms with E-state index in [4.69, 9.17) is 10.3 Å². The Morgan fingerprint density at radius 3 is 2.67 bits per heavy atom. The van der Waals surface area contributed by atoms with Crippen LogP contribution in [0.3, 0.4) is 0 Å². The molecule has 0 fully saturated rings. The van der Waals surface area contributed by atoms with Crippen molar-refractivity contribution in [2.75, 3.05) is 11.9 Å². The first kappa shape index (κ1) is 14.1. The van der Waals surface area contributed by atoms with E-state index in [-0.39, 0.29) is 11.3 Å². The summed E-state index contributed by atoms with van der Waals surface area (Å²) in [6.07, 6.45) is -2.03. The van der Waals surface area contributed by atoms with Crippen molar-refractivity contribution in [3.8, 4) is 0 Å². The number of nitrogens with one attached hydrogen (secondary N) is 1. The van der Waals surface area contributed by atoms with E-state index in [9.17, 15) is 15.0 Å². The van der Waals surface area contributed by atoms with Crippen LogP contribution in [0.1, 0.15) is 11.7 Å². The van der Waals surface area contributed by atoms with E-state index in [1.54, 1.807) is 12.1 Å². The summed E-state index contributed by atoms with van der Waals surface area (Å²) in [5.74, 6) is -0.685. The van der Waals surface area contributed by atoms with Gasteiger partial charge >= 0.3 is 0 Å². The zero-order valence-electron chi connectivity index (χ0n) is 9.39. The second kappa shape index (κ2) is 6.70. The van der Waals surface area contributed by atoms with Crippen LogP contribution in [0.25, 0.3) is 0 Å². The van der Waals surface area contributed by atoms with Crippen LogP contribution in [-0.2, 0) is 4.79 Å². The summed E-state index contributed by atoms with van der Waals surface area (Å²) in [7, 11) is 0. The van der Waals surface area contributed by atoms with Gasteiger partial charge in [0, 0.05) is 11.3 Å². The van der Waals surface area contributed by atoms with Gasteiger partial charge in [-0.1, -0.05) is 23.4 Å². The molecule has 5 N–H and O–H groups in total. The minimum Gasteiger partial charge on any atom is -0.411 e. The number of anilines is 1. The number of aliphatic hydroxyl groups is 3. The van der Waals surface area contributed by atoms with Crippen molar-refractivity contribution >= 4 is 17.8 Å². The highest BCUT2D eigenvalue weighted by Crippen LogP contribution is 2.25. The highest BCUT2D eigenvalue weighted by molar-refractivity contribution is 6.31. The molecule has 0 heterocycles. The second-order valence-electron chi connectivity index (χ2n) is 3.52.